The van der Waals surface area contributed by atoms with Crippen LogP contribution < -0.4 is 15.3 Å². The molecule has 24 heavy (non-hydrogen) atoms. The van der Waals surface area contributed by atoms with Gasteiger partial charge >= 0.3 is 0 Å². The van der Waals surface area contributed by atoms with E-state index in [2.05, 4.69) is 9.71 Å². The number of aryl methyl sites for hydroxylation is 1. The van der Waals surface area contributed by atoms with Crippen molar-refractivity contribution >= 4 is 27.2 Å². The van der Waals surface area contributed by atoms with E-state index in [1.807, 2.05) is 31.2 Å². The van der Waals surface area contributed by atoms with Crippen LogP contribution in [0.25, 0.3) is 5.57 Å². The molecule has 0 aliphatic carbocycles. The van der Waals surface area contributed by atoms with Crippen molar-refractivity contribution in [3.05, 3.63) is 63.6 Å². The lowest BCUT2D eigenvalue weighted by Crippen LogP contribution is -2.34. The van der Waals surface area contributed by atoms with Gasteiger partial charge in [-0.25, -0.2) is 13.1 Å². The lowest BCUT2D eigenvalue weighted by atomic mass is 10.1. The van der Waals surface area contributed by atoms with E-state index in [1.165, 1.54) is 0 Å². The molecule has 0 amide bonds. The van der Waals surface area contributed by atoms with Crippen molar-refractivity contribution in [2.75, 3.05) is 6.54 Å². The van der Waals surface area contributed by atoms with Gasteiger partial charge in [-0.15, -0.1) is 0 Å². The number of benzene rings is 2. The molecule has 1 N–H and O–H groups in total. The number of nitrogens with zero attached hydrogens (tertiary/aromatic N) is 1. The van der Waals surface area contributed by atoms with Crippen LogP contribution in [0.2, 0.25) is 5.02 Å². The standard InChI is InChI=1S/C18H19ClN2O2S/c1-12-6-5-8-16(19)18(12)24(22,23)21-13(2)10-14-11-20-17-9-4-3-7-15(14)17/h3-9,13,21H,10-11H2,1-2H3. The van der Waals surface area contributed by atoms with E-state index < -0.39 is 10.0 Å². The van der Waals surface area contributed by atoms with Crippen molar-refractivity contribution in [1.29, 1.82) is 0 Å². The highest BCUT2D eigenvalue weighted by Gasteiger charge is 2.23. The van der Waals surface area contributed by atoms with E-state index in [4.69, 9.17) is 11.6 Å². The van der Waals surface area contributed by atoms with Gasteiger partial charge in [0.05, 0.1) is 16.9 Å². The number of fused-ring (bicyclic) bond motifs is 1. The predicted molar refractivity (Wildman–Crippen MR) is 96.1 cm³/mol. The van der Waals surface area contributed by atoms with Crippen molar-refractivity contribution in [2.24, 2.45) is 4.99 Å². The van der Waals surface area contributed by atoms with Gasteiger partial charge in [0.2, 0.25) is 10.0 Å². The second-order valence-electron chi connectivity index (χ2n) is 6.05. The largest absolute Gasteiger partial charge is 0.280 e. The fraction of sp³-hybridized carbons (Fsp3) is 0.278. The van der Waals surface area contributed by atoms with E-state index in [0.29, 0.717) is 18.5 Å². The Bertz CT molecular complexity index is 980. The van der Waals surface area contributed by atoms with Crippen molar-refractivity contribution in [1.82, 2.24) is 4.72 Å². The molecule has 0 saturated carbocycles. The fourth-order valence-electron chi connectivity index (χ4n) is 3.04. The van der Waals surface area contributed by atoms with Crippen molar-refractivity contribution in [3.8, 4) is 0 Å². The molecule has 0 fully saturated rings. The van der Waals surface area contributed by atoms with Gasteiger partial charge in [-0.05, 0) is 43.5 Å². The van der Waals surface area contributed by atoms with E-state index in [0.717, 1.165) is 16.1 Å². The predicted octanol–water partition coefficient (Wildman–Crippen LogP) is 2.19. The Balaban J connectivity index is 1.83. The summed E-state index contributed by atoms with van der Waals surface area (Å²) in [5.41, 5.74) is 1.78. The molecule has 0 aromatic heterocycles. The molecular formula is C18H19ClN2O2S. The molecule has 4 nitrogen and oxygen atoms in total. The highest BCUT2D eigenvalue weighted by atomic mass is 35.5. The highest BCUT2D eigenvalue weighted by molar-refractivity contribution is 7.89. The van der Waals surface area contributed by atoms with Crippen LogP contribution in [0, 0.1) is 6.92 Å². The maximum absolute atomic E-state index is 12.7. The average molecular weight is 363 g/mol. The minimum absolute atomic E-state index is 0.153. The Morgan fingerprint density at radius 2 is 1.96 bits per heavy atom. The van der Waals surface area contributed by atoms with Crippen molar-refractivity contribution in [3.63, 3.8) is 0 Å². The molecule has 1 atom stereocenters. The quantitative estimate of drug-likeness (QED) is 0.886. The van der Waals surface area contributed by atoms with E-state index in [1.54, 1.807) is 25.1 Å². The normalized spacial score (nSPS) is 15.0. The first-order chi connectivity index (χ1) is 11.4. The lowest BCUT2D eigenvalue weighted by Gasteiger charge is -2.16. The number of halogens is 1. The molecule has 2 aromatic carbocycles. The Kier molecular flexibility index (Phi) is 4.76. The second-order valence-corrected chi connectivity index (χ2v) is 8.11. The van der Waals surface area contributed by atoms with Crippen LogP contribution in [0.1, 0.15) is 18.9 Å². The zero-order valence-corrected chi connectivity index (χ0v) is 15.2. The van der Waals surface area contributed by atoms with Crippen molar-refractivity contribution < 1.29 is 8.42 Å². The summed E-state index contributed by atoms with van der Waals surface area (Å²) in [7, 11) is -3.67. The molecule has 0 bridgehead atoms. The van der Waals surface area contributed by atoms with Gasteiger partial charge in [0.1, 0.15) is 4.90 Å². The summed E-state index contributed by atoms with van der Waals surface area (Å²) in [5.74, 6) is 0. The molecule has 1 aliphatic heterocycles. The molecule has 3 rings (SSSR count). The number of hydrogen-bond donors (Lipinski definition) is 1. The van der Waals surface area contributed by atoms with Crippen LogP contribution in [-0.2, 0) is 10.0 Å². The van der Waals surface area contributed by atoms with Gasteiger partial charge in [0, 0.05) is 11.3 Å². The number of para-hydroxylation sites is 1. The summed E-state index contributed by atoms with van der Waals surface area (Å²) in [6.07, 6.45) is 0.614. The van der Waals surface area contributed by atoms with Gasteiger partial charge in [-0.1, -0.05) is 41.9 Å². The molecule has 1 heterocycles. The lowest BCUT2D eigenvalue weighted by molar-refractivity contribution is 0.562. The summed E-state index contributed by atoms with van der Waals surface area (Å²) in [5, 5.41) is 2.32. The first kappa shape index (κ1) is 17.1. The summed E-state index contributed by atoms with van der Waals surface area (Å²) < 4.78 is 28.1. The Morgan fingerprint density at radius 1 is 1.21 bits per heavy atom. The van der Waals surface area contributed by atoms with Crippen LogP contribution in [0.15, 0.2) is 52.4 Å². The Labute approximate surface area is 146 Å². The van der Waals surface area contributed by atoms with Crippen molar-refractivity contribution in [2.45, 2.75) is 31.2 Å². The zero-order chi connectivity index (χ0) is 17.3. The van der Waals surface area contributed by atoms with Crippen LogP contribution in [0.4, 0.5) is 0 Å². The highest BCUT2D eigenvalue weighted by Crippen LogP contribution is 2.25. The SMILES string of the molecule is Cc1cccc(Cl)c1S(=O)(=O)NC(C)CC1=c2ccccc2=NC1. The topological polar surface area (TPSA) is 58.5 Å². The summed E-state index contributed by atoms with van der Waals surface area (Å²) in [6, 6.07) is 12.8. The smallest absolute Gasteiger partial charge is 0.242 e. The number of nitrogens with one attached hydrogen (secondary N) is 1. The Hall–Kier alpha value is -1.69. The van der Waals surface area contributed by atoms with Gasteiger partial charge in [0.25, 0.3) is 0 Å². The summed E-state index contributed by atoms with van der Waals surface area (Å²) in [6.45, 7) is 4.22. The first-order valence-electron chi connectivity index (χ1n) is 7.77. The van der Waals surface area contributed by atoms with Crippen LogP contribution in [0.5, 0.6) is 0 Å². The molecule has 0 radical (unpaired) electrons. The van der Waals surface area contributed by atoms with E-state index in [-0.39, 0.29) is 16.0 Å². The molecule has 6 heteroatoms. The molecule has 0 saturated heterocycles. The van der Waals surface area contributed by atoms with Crippen LogP contribution in [-0.4, -0.2) is 21.0 Å². The molecule has 126 valence electrons. The number of hydrogen-bond acceptors (Lipinski definition) is 3. The summed E-state index contributed by atoms with van der Waals surface area (Å²) >= 11 is 6.10. The molecule has 2 aromatic rings. The van der Waals surface area contributed by atoms with Gasteiger partial charge in [0.15, 0.2) is 0 Å². The van der Waals surface area contributed by atoms with Gasteiger partial charge < -0.3 is 0 Å². The minimum Gasteiger partial charge on any atom is -0.280 e. The average Bonchev–Trinajstić information content (AvgIpc) is 2.89. The zero-order valence-electron chi connectivity index (χ0n) is 13.6. The minimum atomic E-state index is -3.67. The second kappa shape index (κ2) is 6.67. The third-order valence-corrected chi connectivity index (χ3v) is 6.29. The number of rotatable bonds is 5. The van der Waals surface area contributed by atoms with Gasteiger partial charge in [-0.2, -0.15) is 0 Å². The molecule has 1 aliphatic rings. The third kappa shape index (κ3) is 3.38. The maximum atomic E-state index is 12.7. The Morgan fingerprint density at radius 3 is 2.71 bits per heavy atom. The fourth-order valence-corrected chi connectivity index (χ4v) is 5.12. The van der Waals surface area contributed by atoms with E-state index in [9.17, 15) is 8.42 Å². The first-order valence-corrected chi connectivity index (χ1v) is 9.63. The summed E-state index contributed by atoms with van der Waals surface area (Å²) in [4.78, 5) is 4.63. The van der Waals surface area contributed by atoms with Crippen LogP contribution in [0.3, 0.4) is 0 Å². The molecular weight excluding hydrogens is 344 g/mol. The molecule has 0 spiro atoms. The van der Waals surface area contributed by atoms with Crippen LogP contribution >= 0.6 is 11.6 Å². The molecule has 1 unspecified atom stereocenters. The number of sulfonamides is 1. The van der Waals surface area contributed by atoms with Gasteiger partial charge in [-0.3, -0.25) is 4.99 Å². The maximum Gasteiger partial charge on any atom is 0.242 e. The van der Waals surface area contributed by atoms with E-state index >= 15 is 0 Å². The monoisotopic (exact) mass is 362 g/mol. The third-order valence-electron chi connectivity index (χ3n) is 4.07.